The minimum absolute atomic E-state index is 0.0250. The number of hydrogen-bond acceptors (Lipinski definition) is 5. The van der Waals surface area contributed by atoms with Gasteiger partial charge in [0.15, 0.2) is 12.4 Å². The van der Waals surface area contributed by atoms with E-state index in [-0.39, 0.29) is 24.7 Å². The number of unbranched alkanes of at least 4 members (excludes halogenated alkanes) is 3. The molecule has 0 spiro atoms. The number of ether oxygens (including phenoxy) is 3. The minimum atomic E-state index is -1.37. The van der Waals surface area contributed by atoms with Crippen molar-refractivity contribution in [1.82, 2.24) is 0 Å². The SMILES string of the molecule is CC1(C)OCC(COc2ccc(CCCCCC[Si](C)(C)C)cc2)([N+](=O)[O-])CO1. The fraction of sp³-hybridized carbons (Fsp3) is 0.727. The predicted molar refractivity (Wildman–Crippen MR) is 118 cm³/mol. The molecule has 0 saturated carbocycles. The van der Waals surface area contributed by atoms with Crippen molar-refractivity contribution in [3.63, 3.8) is 0 Å². The minimum Gasteiger partial charge on any atom is -0.486 e. The number of aryl methyl sites for hydroxylation is 1. The van der Waals surface area contributed by atoms with Gasteiger partial charge in [-0.3, -0.25) is 10.1 Å². The van der Waals surface area contributed by atoms with Crippen LogP contribution in [0.2, 0.25) is 25.7 Å². The third-order valence-electron chi connectivity index (χ3n) is 5.34. The molecule has 0 aromatic heterocycles. The first-order chi connectivity index (χ1) is 13.5. The van der Waals surface area contributed by atoms with E-state index in [9.17, 15) is 10.1 Å². The molecule has 1 aliphatic rings. The van der Waals surface area contributed by atoms with E-state index in [1.165, 1.54) is 37.3 Å². The quantitative estimate of drug-likeness (QED) is 0.209. The summed E-state index contributed by atoms with van der Waals surface area (Å²) in [5.74, 6) is -0.162. The van der Waals surface area contributed by atoms with Gasteiger partial charge in [0.1, 0.15) is 19.0 Å². The molecule has 29 heavy (non-hydrogen) atoms. The summed E-state index contributed by atoms with van der Waals surface area (Å²) in [6.45, 7) is 10.7. The van der Waals surface area contributed by atoms with Gasteiger partial charge in [0.2, 0.25) is 0 Å². The number of hydrogen-bond donors (Lipinski definition) is 0. The zero-order chi connectivity index (χ0) is 21.5. The van der Waals surface area contributed by atoms with Crippen molar-refractivity contribution in [2.75, 3.05) is 19.8 Å². The van der Waals surface area contributed by atoms with Gasteiger partial charge in [0, 0.05) is 13.0 Å². The Labute approximate surface area is 176 Å². The highest BCUT2D eigenvalue weighted by molar-refractivity contribution is 6.76. The van der Waals surface area contributed by atoms with E-state index in [0.717, 1.165) is 6.42 Å². The molecule has 0 amide bonds. The Kier molecular flexibility index (Phi) is 8.25. The lowest BCUT2D eigenvalue weighted by molar-refractivity contribution is -0.597. The van der Waals surface area contributed by atoms with E-state index < -0.39 is 19.4 Å². The van der Waals surface area contributed by atoms with Crippen LogP contribution in [-0.2, 0) is 15.9 Å². The number of rotatable bonds is 11. The molecule has 1 heterocycles. The van der Waals surface area contributed by atoms with Crippen molar-refractivity contribution < 1.29 is 19.1 Å². The van der Waals surface area contributed by atoms with Crippen LogP contribution in [0.5, 0.6) is 5.75 Å². The van der Waals surface area contributed by atoms with E-state index in [1.54, 1.807) is 13.8 Å². The first-order valence-corrected chi connectivity index (χ1v) is 14.4. The number of benzene rings is 1. The second-order valence-corrected chi connectivity index (χ2v) is 15.5. The molecule has 0 bridgehead atoms. The van der Waals surface area contributed by atoms with Crippen molar-refractivity contribution in [3.05, 3.63) is 39.9 Å². The molecule has 0 radical (unpaired) electrons. The Hall–Kier alpha value is -1.44. The topological polar surface area (TPSA) is 70.8 Å². The van der Waals surface area contributed by atoms with Crippen molar-refractivity contribution in [2.24, 2.45) is 0 Å². The molecule has 6 nitrogen and oxygen atoms in total. The molecule has 0 N–H and O–H groups in total. The first-order valence-electron chi connectivity index (χ1n) is 10.7. The van der Waals surface area contributed by atoms with E-state index in [4.69, 9.17) is 14.2 Å². The van der Waals surface area contributed by atoms with Gasteiger partial charge in [0.25, 0.3) is 0 Å². The maximum atomic E-state index is 11.6. The smallest absolute Gasteiger partial charge is 0.301 e. The summed E-state index contributed by atoms with van der Waals surface area (Å²) in [7, 11) is -0.900. The Balaban J connectivity index is 1.75. The maximum Gasteiger partial charge on any atom is 0.301 e. The summed E-state index contributed by atoms with van der Waals surface area (Å²) in [6, 6.07) is 9.30. The van der Waals surface area contributed by atoms with Crippen molar-refractivity contribution in [2.45, 2.75) is 83.0 Å². The second kappa shape index (κ2) is 10.0. The van der Waals surface area contributed by atoms with E-state index in [1.807, 2.05) is 24.3 Å². The molecular weight excluding hydrogens is 386 g/mol. The highest BCUT2D eigenvalue weighted by atomic mass is 28.3. The fourth-order valence-electron chi connectivity index (χ4n) is 3.25. The van der Waals surface area contributed by atoms with E-state index >= 15 is 0 Å². The van der Waals surface area contributed by atoms with Gasteiger partial charge < -0.3 is 14.2 Å². The second-order valence-electron chi connectivity index (χ2n) is 9.87. The van der Waals surface area contributed by atoms with Crippen molar-refractivity contribution in [3.8, 4) is 5.75 Å². The van der Waals surface area contributed by atoms with Crippen LogP contribution in [0.15, 0.2) is 24.3 Å². The van der Waals surface area contributed by atoms with Crippen LogP contribution >= 0.6 is 0 Å². The molecule has 7 heteroatoms. The highest BCUT2D eigenvalue weighted by Gasteiger charge is 2.51. The highest BCUT2D eigenvalue weighted by Crippen LogP contribution is 2.27. The van der Waals surface area contributed by atoms with Crippen LogP contribution in [0, 0.1) is 10.1 Å². The van der Waals surface area contributed by atoms with Gasteiger partial charge in [-0.25, -0.2) is 0 Å². The zero-order valence-electron chi connectivity index (χ0n) is 18.7. The third kappa shape index (κ3) is 8.07. The van der Waals surface area contributed by atoms with Crippen LogP contribution in [-0.4, -0.2) is 44.1 Å². The lowest BCUT2D eigenvalue weighted by Crippen LogP contribution is -2.59. The Morgan fingerprint density at radius 1 is 1.03 bits per heavy atom. The van der Waals surface area contributed by atoms with Crippen LogP contribution in [0.25, 0.3) is 0 Å². The van der Waals surface area contributed by atoms with Gasteiger partial charge >= 0.3 is 5.54 Å². The molecule has 1 fully saturated rings. The van der Waals surface area contributed by atoms with Crippen LogP contribution < -0.4 is 4.74 Å². The Bertz CT molecular complexity index is 644. The number of nitrogens with zero attached hydrogens (tertiary/aromatic N) is 1. The summed E-state index contributed by atoms with van der Waals surface area (Å²) in [4.78, 5) is 11.2. The number of nitro groups is 1. The normalized spacial score (nSPS) is 18.4. The molecule has 0 unspecified atom stereocenters. The largest absolute Gasteiger partial charge is 0.486 e. The molecule has 1 saturated heterocycles. The van der Waals surface area contributed by atoms with Gasteiger partial charge in [-0.2, -0.15) is 0 Å². The van der Waals surface area contributed by atoms with Gasteiger partial charge in [0.05, 0.1) is 0 Å². The van der Waals surface area contributed by atoms with Crippen LogP contribution in [0.4, 0.5) is 0 Å². The third-order valence-corrected chi connectivity index (χ3v) is 7.19. The Morgan fingerprint density at radius 3 is 2.17 bits per heavy atom. The molecule has 1 aromatic carbocycles. The average Bonchev–Trinajstić information content (AvgIpc) is 2.64. The monoisotopic (exact) mass is 423 g/mol. The van der Waals surface area contributed by atoms with Crippen LogP contribution in [0.3, 0.4) is 0 Å². The standard InChI is InChI=1S/C22H37NO5Si/c1-21(2)27-17-22(18-28-21,23(24)25)16-26-20-13-11-19(12-14-20)10-8-6-7-9-15-29(3,4)5/h11-14H,6-10,15-18H2,1-5H3. The molecule has 164 valence electrons. The molecular formula is C22H37NO5Si. The van der Waals surface area contributed by atoms with Gasteiger partial charge in [-0.05, 0) is 44.4 Å². The summed E-state index contributed by atoms with van der Waals surface area (Å²) in [6.07, 6.45) is 6.19. The van der Waals surface area contributed by atoms with E-state index in [2.05, 4.69) is 19.6 Å². The summed E-state index contributed by atoms with van der Waals surface area (Å²) in [5.41, 5.74) is -0.0954. The molecule has 0 atom stereocenters. The summed E-state index contributed by atoms with van der Waals surface area (Å²) in [5, 5.41) is 11.6. The lowest BCUT2D eigenvalue weighted by Gasteiger charge is -2.37. The summed E-state index contributed by atoms with van der Waals surface area (Å²) >= 11 is 0. The van der Waals surface area contributed by atoms with Crippen molar-refractivity contribution in [1.29, 1.82) is 0 Å². The fourth-order valence-corrected chi connectivity index (χ4v) is 4.56. The Morgan fingerprint density at radius 2 is 1.62 bits per heavy atom. The van der Waals surface area contributed by atoms with Gasteiger partial charge in [-0.15, -0.1) is 0 Å². The van der Waals surface area contributed by atoms with Gasteiger partial charge in [-0.1, -0.05) is 57.1 Å². The molecule has 1 aliphatic heterocycles. The van der Waals surface area contributed by atoms with E-state index in [0.29, 0.717) is 5.75 Å². The lowest BCUT2D eigenvalue weighted by atomic mass is 10.0. The zero-order valence-corrected chi connectivity index (χ0v) is 19.7. The van der Waals surface area contributed by atoms with Crippen LogP contribution in [0.1, 0.15) is 45.1 Å². The molecule has 1 aromatic rings. The molecule has 2 rings (SSSR count). The average molecular weight is 424 g/mol. The first kappa shape index (κ1) is 23.8. The molecule has 0 aliphatic carbocycles. The predicted octanol–water partition coefficient (Wildman–Crippen LogP) is 5.30. The summed E-state index contributed by atoms with van der Waals surface area (Å²) < 4.78 is 16.7. The van der Waals surface area contributed by atoms with Crippen molar-refractivity contribution >= 4 is 8.07 Å². The maximum absolute atomic E-state index is 11.6.